The van der Waals surface area contributed by atoms with Crippen LogP contribution in [-0.2, 0) is 10.0 Å². The van der Waals surface area contributed by atoms with Crippen molar-refractivity contribution >= 4 is 66.4 Å². The Hall–Kier alpha value is -0.530. The monoisotopic (exact) mass is 414 g/mol. The highest BCUT2D eigenvalue weighted by molar-refractivity contribution is 9.10. The van der Waals surface area contributed by atoms with E-state index in [2.05, 4.69) is 25.6 Å². The molecule has 0 bridgehead atoms. The van der Waals surface area contributed by atoms with Crippen molar-refractivity contribution in [2.24, 2.45) is 0 Å². The highest BCUT2D eigenvalue weighted by atomic mass is 79.9. The van der Waals surface area contributed by atoms with Gasteiger partial charge in [0.05, 0.1) is 15.7 Å². The predicted molar refractivity (Wildman–Crippen MR) is 84.2 cm³/mol. The van der Waals surface area contributed by atoms with Gasteiger partial charge in [-0.1, -0.05) is 34.8 Å². The average molecular weight is 417 g/mol. The van der Waals surface area contributed by atoms with Gasteiger partial charge in [-0.15, -0.1) is 0 Å². The molecule has 0 aliphatic rings. The smallest absolute Gasteiger partial charge is 0.263 e. The highest BCUT2D eigenvalue weighted by Crippen LogP contribution is 2.28. The molecule has 0 fully saturated rings. The van der Waals surface area contributed by atoms with Gasteiger partial charge in [-0.3, -0.25) is 4.72 Å². The minimum Gasteiger partial charge on any atom is -0.280 e. The number of benzene rings is 1. The van der Waals surface area contributed by atoms with E-state index in [0.29, 0.717) is 15.2 Å². The summed E-state index contributed by atoms with van der Waals surface area (Å²) < 4.78 is 27.3. The first kappa shape index (κ1) is 15.9. The number of hydrogen-bond donors (Lipinski definition) is 1. The van der Waals surface area contributed by atoms with Gasteiger partial charge in [0.1, 0.15) is 10.0 Å². The molecule has 106 valence electrons. The normalized spacial score (nSPS) is 11.4. The summed E-state index contributed by atoms with van der Waals surface area (Å²) in [5.74, 6) is 0. The molecular weight excluding hydrogens is 410 g/mol. The van der Waals surface area contributed by atoms with Gasteiger partial charge in [0.15, 0.2) is 0 Å². The van der Waals surface area contributed by atoms with Crippen LogP contribution >= 0.6 is 50.7 Å². The number of hydrogen-bond acceptors (Lipinski definition) is 3. The van der Waals surface area contributed by atoms with Crippen molar-refractivity contribution in [3.05, 3.63) is 50.1 Å². The molecule has 0 aliphatic heterocycles. The fraction of sp³-hybridized carbons (Fsp3) is 0. The number of nitrogens with one attached hydrogen (secondary N) is 1. The van der Waals surface area contributed by atoms with Gasteiger partial charge in [0.25, 0.3) is 10.0 Å². The number of rotatable bonds is 3. The maximum atomic E-state index is 12.2. The summed E-state index contributed by atoms with van der Waals surface area (Å²) in [7, 11) is -3.81. The lowest BCUT2D eigenvalue weighted by molar-refractivity contribution is 0.601. The standard InChI is InChI=1S/C11H6BrCl3N2O2S/c12-8-2-1-6(3-9(8)13)17-20(18,19)7-4-10(14)11(15)16-5-7/h1-5,17H. The van der Waals surface area contributed by atoms with E-state index in [1.165, 1.54) is 12.1 Å². The summed E-state index contributed by atoms with van der Waals surface area (Å²) in [5, 5.41) is 0.484. The van der Waals surface area contributed by atoms with Gasteiger partial charge in [0, 0.05) is 10.7 Å². The van der Waals surface area contributed by atoms with Crippen LogP contribution in [0.4, 0.5) is 5.69 Å². The van der Waals surface area contributed by atoms with Crippen LogP contribution in [0.25, 0.3) is 0 Å². The molecule has 4 nitrogen and oxygen atoms in total. The third-order valence-corrected chi connectivity index (χ3v) is 5.52. The Morgan fingerprint density at radius 2 is 1.80 bits per heavy atom. The lowest BCUT2D eigenvalue weighted by Crippen LogP contribution is -2.13. The van der Waals surface area contributed by atoms with Crippen LogP contribution in [0.2, 0.25) is 15.2 Å². The molecular formula is C11H6BrCl3N2O2S. The van der Waals surface area contributed by atoms with Gasteiger partial charge in [-0.2, -0.15) is 0 Å². The summed E-state index contributed by atoms with van der Waals surface area (Å²) in [6.45, 7) is 0. The molecule has 0 unspecified atom stereocenters. The van der Waals surface area contributed by atoms with E-state index in [9.17, 15) is 8.42 Å². The SMILES string of the molecule is O=S(=O)(Nc1ccc(Br)c(Cl)c1)c1cnc(Cl)c(Cl)c1. The molecule has 2 rings (SSSR count). The molecule has 1 N–H and O–H groups in total. The minimum atomic E-state index is -3.81. The predicted octanol–water partition coefficient (Wildman–Crippen LogP) is 4.61. The van der Waals surface area contributed by atoms with Crippen molar-refractivity contribution in [1.82, 2.24) is 4.98 Å². The molecule has 1 heterocycles. The van der Waals surface area contributed by atoms with Crippen LogP contribution < -0.4 is 4.72 Å². The summed E-state index contributed by atoms with van der Waals surface area (Å²) in [4.78, 5) is 3.61. The lowest BCUT2D eigenvalue weighted by atomic mass is 10.3. The Morgan fingerprint density at radius 1 is 1.10 bits per heavy atom. The van der Waals surface area contributed by atoms with Crippen LogP contribution in [-0.4, -0.2) is 13.4 Å². The van der Waals surface area contributed by atoms with Gasteiger partial charge in [-0.25, -0.2) is 13.4 Å². The summed E-state index contributed by atoms with van der Waals surface area (Å²) in [6, 6.07) is 5.90. The second kappa shape index (κ2) is 6.07. The van der Waals surface area contributed by atoms with Crippen LogP contribution in [0, 0.1) is 0 Å². The van der Waals surface area contributed by atoms with Crippen molar-refractivity contribution in [2.75, 3.05) is 4.72 Å². The number of aromatic nitrogens is 1. The molecule has 20 heavy (non-hydrogen) atoms. The topological polar surface area (TPSA) is 59.1 Å². The number of nitrogens with zero attached hydrogens (tertiary/aromatic N) is 1. The fourth-order valence-electron chi connectivity index (χ4n) is 1.32. The molecule has 1 aromatic heterocycles. The third kappa shape index (κ3) is 3.56. The third-order valence-electron chi connectivity index (χ3n) is 2.25. The quantitative estimate of drug-likeness (QED) is 0.744. The van der Waals surface area contributed by atoms with Gasteiger partial charge in [-0.05, 0) is 40.2 Å². The zero-order chi connectivity index (χ0) is 14.9. The molecule has 0 atom stereocenters. The highest BCUT2D eigenvalue weighted by Gasteiger charge is 2.17. The van der Waals surface area contributed by atoms with Crippen LogP contribution in [0.1, 0.15) is 0 Å². The first-order valence-electron chi connectivity index (χ1n) is 5.08. The minimum absolute atomic E-state index is 0.0392. The molecule has 0 spiro atoms. The molecule has 0 saturated carbocycles. The second-order valence-corrected chi connectivity index (χ2v) is 7.39. The number of pyridine rings is 1. The first-order chi connectivity index (χ1) is 9.29. The van der Waals surface area contributed by atoms with E-state index in [0.717, 1.165) is 6.20 Å². The molecule has 0 aliphatic carbocycles. The Labute approximate surface area is 139 Å². The second-order valence-electron chi connectivity index (χ2n) is 3.68. The summed E-state index contributed by atoms with van der Waals surface area (Å²) in [5.41, 5.74) is 0.323. The lowest BCUT2D eigenvalue weighted by Gasteiger charge is -2.09. The van der Waals surface area contributed by atoms with Crippen molar-refractivity contribution in [1.29, 1.82) is 0 Å². The van der Waals surface area contributed by atoms with Crippen LogP contribution in [0.15, 0.2) is 39.8 Å². The first-order valence-corrected chi connectivity index (χ1v) is 8.49. The van der Waals surface area contributed by atoms with E-state index >= 15 is 0 Å². The van der Waals surface area contributed by atoms with E-state index < -0.39 is 10.0 Å². The Balaban J connectivity index is 2.35. The summed E-state index contributed by atoms with van der Waals surface area (Å²) >= 11 is 20.5. The maximum Gasteiger partial charge on any atom is 0.263 e. The maximum absolute atomic E-state index is 12.2. The molecule has 0 radical (unpaired) electrons. The van der Waals surface area contributed by atoms with Crippen molar-refractivity contribution in [3.63, 3.8) is 0 Å². The molecule has 0 amide bonds. The summed E-state index contributed by atoms with van der Waals surface area (Å²) in [6.07, 6.45) is 1.12. The van der Waals surface area contributed by atoms with Gasteiger partial charge in [0.2, 0.25) is 0 Å². The molecule has 1 aromatic carbocycles. The van der Waals surface area contributed by atoms with E-state index in [4.69, 9.17) is 34.8 Å². The van der Waals surface area contributed by atoms with E-state index in [1.807, 2.05) is 0 Å². The molecule has 2 aromatic rings. The number of anilines is 1. The van der Waals surface area contributed by atoms with E-state index in [-0.39, 0.29) is 15.1 Å². The number of sulfonamides is 1. The fourth-order valence-corrected chi connectivity index (χ4v) is 3.11. The van der Waals surface area contributed by atoms with Crippen molar-refractivity contribution in [3.8, 4) is 0 Å². The van der Waals surface area contributed by atoms with Gasteiger partial charge < -0.3 is 0 Å². The van der Waals surface area contributed by atoms with E-state index in [1.54, 1.807) is 12.1 Å². The van der Waals surface area contributed by atoms with Crippen molar-refractivity contribution in [2.45, 2.75) is 4.90 Å². The number of halogens is 4. The Bertz CT molecular complexity index is 768. The van der Waals surface area contributed by atoms with Gasteiger partial charge >= 0.3 is 0 Å². The Morgan fingerprint density at radius 3 is 2.40 bits per heavy atom. The van der Waals surface area contributed by atoms with Crippen LogP contribution in [0.3, 0.4) is 0 Å². The molecule has 0 saturated heterocycles. The van der Waals surface area contributed by atoms with Crippen LogP contribution in [0.5, 0.6) is 0 Å². The van der Waals surface area contributed by atoms with Crippen molar-refractivity contribution < 1.29 is 8.42 Å². The zero-order valence-corrected chi connectivity index (χ0v) is 14.2. The Kier molecular flexibility index (Phi) is 4.81. The largest absolute Gasteiger partial charge is 0.280 e. The molecule has 9 heteroatoms. The zero-order valence-electron chi connectivity index (χ0n) is 9.57. The average Bonchev–Trinajstić information content (AvgIpc) is 2.37.